The van der Waals surface area contributed by atoms with E-state index in [4.69, 9.17) is 29.1 Å². The highest BCUT2D eigenvalue weighted by atomic mass is 28.4. The first-order valence-electron chi connectivity index (χ1n) is 11.0. The van der Waals surface area contributed by atoms with Crippen LogP contribution in [0.4, 0.5) is 5.82 Å². The maximum atomic E-state index is 12.6. The van der Waals surface area contributed by atoms with Crippen LogP contribution in [-0.4, -0.2) is 71.6 Å². The highest BCUT2D eigenvalue weighted by Crippen LogP contribution is 2.45. The van der Waals surface area contributed by atoms with E-state index in [1.54, 1.807) is 4.57 Å². The number of rotatable bonds is 5. The minimum atomic E-state index is -2.03. The molecule has 12 heteroatoms. The Bertz CT molecular complexity index is 1070. The van der Waals surface area contributed by atoms with Crippen molar-refractivity contribution < 1.29 is 28.2 Å². The summed E-state index contributed by atoms with van der Waals surface area (Å²) in [6.45, 7) is 15.0. The number of carbonyl (C=O) groups excluding carboxylic acids is 1. The number of ether oxygens (including phenoxy) is 4. The average molecular weight is 480 g/mol. The zero-order valence-corrected chi connectivity index (χ0v) is 21.4. The molecular weight excluding hydrogens is 446 g/mol. The van der Waals surface area contributed by atoms with E-state index in [1.807, 2.05) is 13.8 Å². The SMILES string of the molecule is COC(=O)c1nc2c(N)ncnc2n1[C@@H]1O[C@H](CO[Si](C)(C)C(C)(C)C)[C@H]2OC(C)(C)O[C@H]21. The summed E-state index contributed by atoms with van der Waals surface area (Å²) in [6.07, 6.45) is -0.782. The molecule has 4 atom stereocenters. The lowest BCUT2D eigenvalue weighted by molar-refractivity contribution is -0.199. The predicted octanol–water partition coefficient (Wildman–Crippen LogP) is 2.63. The van der Waals surface area contributed by atoms with Gasteiger partial charge in [-0.3, -0.25) is 4.57 Å². The molecule has 4 heterocycles. The Balaban J connectivity index is 1.74. The van der Waals surface area contributed by atoms with E-state index in [9.17, 15) is 4.79 Å². The van der Waals surface area contributed by atoms with Crippen LogP contribution in [0.5, 0.6) is 0 Å². The Hall–Kier alpha value is -2.12. The maximum absolute atomic E-state index is 12.6. The van der Waals surface area contributed by atoms with Gasteiger partial charge in [-0.15, -0.1) is 0 Å². The van der Waals surface area contributed by atoms with Gasteiger partial charge in [0, 0.05) is 0 Å². The van der Waals surface area contributed by atoms with Crippen LogP contribution in [-0.2, 0) is 23.4 Å². The number of aromatic nitrogens is 4. The van der Waals surface area contributed by atoms with Crippen molar-refractivity contribution in [2.45, 2.75) is 83.1 Å². The molecule has 2 aliphatic heterocycles. The Morgan fingerprint density at radius 3 is 2.55 bits per heavy atom. The number of carbonyl (C=O) groups is 1. The number of nitrogens with zero attached hydrogens (tertiary/aromatic N) is 4. The zero-order valence-electron chi connectivity index (χ0n) is 20.4. The van der Waals surface area contributed by atoms with Gasteiger partial charge in [-0.25, -0.2) is 19.7 Å². The van der Waals surface area contributed by atoms with E-state index >= 15 is 0 Å². The summed E-state index contributed by atoms with van der Waals surface area (Å²) in [5.41, 5.74) is 6.64. The van der Waals surface area contributed by atoms with Crippen molar-refractivity contribution in [1.82, 2.24) is 19.5 Å². The fourth-order valence-corrected chi connectivity index (χ4v) is 4.92. The van der Waals surface area contributed by atoms with Crippen LogP contribution in [0.2, 0.25) is 18.1 Å². The maximum Gasteiger partial charge on any atom is 0.374 e. The fourth-order valence-electron chi connectivity index (χ4n) is 3.91. The fraction of sp³-hybridized carbons (Fsp3) is 0.714. The lowest BCUT2D eigenvalue weighted by Gasteiger charge is -2.37. The van der Waals surface area contributed by atoms with E-state index in [2.05, 4.69) is 48.8 Å². The second-order valence-corrected chi connectivity index (χ2v) is 15.2. The van der Waals surface area contributed by atoms with Gasteiger partial charge in [0.25, 0.3) is 0 Å². The molecule has 0 radical (unpaired) electrons. The van der Waals surface area contributed by atoms with E-state index in [0.717, 1.165) is 0 Å². The van der Waals surface area contributed by atoms with Gasteiger partial charge in [0.15, 0.2) is 37.3 Å². The largest absolute Gasteiger partial charge is 0.463 e. The van der Waals surface area contributed by atoms with E-state index < -0.39 is 44.6 Å². The monoisotopic (exact) mass is 479 g/mol. The van der Waals surface area contributed by atoms with Gasteiger partial charge in [-0.05, 0) is 32.0 Å². The van der Waals surface area contributed by atoms with Crippen LogP contribution in [0.25, 0.3) is 11.2 Å². The Labute approximate surface area is 194 Å². The molecule has 2 saturated heterocycles. The molecule has 0 saturated carbocycles. The van der Waals surface area contributed by atoms with Crippen molar-refractivity contribution in [2.24, 2.45) is 0 Å². The molecule has 11 nitrogen and oxygen atoms in total. The van der Waals surface area contributed by atoms with Gasteiger partial charge in [-0.1, -0.05) is 20.8 Å². The van der Waals surface area contributed by atoms with Crippen molar-refractivity contribution in [2.75, 3.05) is 19.5 Å². The van der Waals surface area contributed by atoms with Crippen molar-refractivity contribution >= 4 is 31.3 Å². The third-order valence-corrected chi connectivity index (χ3v) is 11.2. The van der Waals surface area contributed by atoms with Gasteiger partial charge in [0.05, 0.1) is 13.7 Å². The molecule has 0 aliphatic carbocycles. The van der Waals surface area contributed by atoms with Gasteiger partial charge in [-0.2, -0.15) is 0 Å². The normalized spacial score (nSPS) is 27.2. The quantitative estimate of drug-likeness (QED) is 0.504. The molecular formula is C21H33N5O6Si. The van der Waals surface area contributed by atoms with Gasteiger partial charge < -0.3 is 29.1 Å². The van der Waals surface area contributed by atoms with Crippen LogP contribution in [0.15, 0.2) is 6.33 Å². The lowest BCUT2D eigenvalue weighted by Crippen LogP contribution is -2.44. The van der Waals surface area contributed by atoms with Crippen LogP contribution >= 0.6 is 0 Å². The topological polar surface area (TPSA) is 133 Å². The first kappa shape index (κ1) is 24.0. The summed E-state index contributed by atoms with van der Waals surface area (Å²) in [7, 11) is -0.748. The van der Waals surface area contributed by atoms with Crippen molar-refractivity contribution in [3.63, 3.8) is 0 Å². The van der Waals surface area contributed by atoms with E-state index in [1.165, 1.54) is 13.4 Å². The Kier molecular flexibility index (Phi) is 5.81. The average Bonchev–Trinajstić information content (AvgIpc) is 3.34. The summed E-state index contributed by atoms with van der Waals surface area (Å²) >= 11 is 0. The second-order valence-electron chi connectivity index (χ2n) is 10.4. The second kappa shape index (κ2) is 7.98. The number of anilines is 1. The third kappa shape index (κ3) is 4.14. The van der Waals surface area contributed by atoms with Crippen LogP contribution < -0.4 is 5.73 Å². The van der Waals surface area contributed by atoms with Gasteiger partial charge in [0.2, 0.25) is 5.82 Å². The molecule has 2 aromatic rings. The highest BCUT2D eigenvalue weighted by Gasteiger charge is 2.57. The van der Waals surface area contributed by atoms with Gasteiger partial charge >= 0.3 is 5.97 Å². The van der Waals surface area contributed by atoms with Crippen molar-refractivity contribution in [3.8, 4) is 0 Å². The number of fused-ring (bicyclic) bond motifs is 2. The summed E-state index contributed by atoms with van der Waals surface area (Å²) in [4.78, 5) is 25.3. The van der Waals surface area contributed by atoms with Crippen molar-refractivity contribution in [3.05, 3.63) is 12.2 Å². The summed E-state index contributed by atoms with van der Waals surface area (Å²) in [5, 5.41) is 0.0454. The molecule has 0 bridgehead atoms. The minimum Gasteiger partial charge on any atom is -0.463 e. The Morgan fingerprint density at radius 2 is 1.91 bits per heavy atom. The minimum absolute atomic E-state index is 0.00252. The lowest BCUT2D eigenvalue weighted by atomic mass is 10.1. The third-order valence-electron chi connectivity index (χ3n) is 6.67. The molecule has 2 N–H and O–H groups in total. The molecule has 2 aromatic heterocycles. The van der Waals surface area contributed by atoms with Crippen molar-refractivity contribution in [1.29, 1.82) is 0 Å². The summed E-state index contributed by atoms with van der Waals surface area (Å²) < 4.78 is 31.8. The molecule has 2 aliphatic rings. The number of imidazole rings is 1. The molecule has 182 valence electrons. The standard InChI is InChI=1S/C21H33N5O6Si/c1-20(2,3)33(7,8)29-9-11-13-14(32-21(4,5)31-13)18(30-11)26-16-12(15(22)23-10-24-16)25-17(26)19(27)28-6/h10-11,13-14,18H,9H2,1-8H3,(H2,22,23,24)/t11-,13-,14-,18-/m1/s1. The molecule has 0 unspecified atom stereocenters. The van der Waals surface area contributed by atoms with Gasteiger partial charge in [0.1, 0.15) is 24.6 Å². The van der Waals surface area contributed by atoms with Crippen LogP contribution in [0.1, 0.15) is 51.5 Å². The molecule has 4 rings (SSSR count). The summed E-state index contributed by atoms with van der Waals surface area (Å²) in [5.74, 6) is -1.32. The van der Waals surface area contributed by atoms with E-state index in [-0.39, 0.29) is 22.2 Å². The highest BCUT2D eigenvalue weighted by molar-refractivity contribution is 6.74. The Morgan fingerprint density at radius 1 is 1.24 bits per heavy atom. The zero-order chi connectivity index (χ0) is 24.3. The number of nitrogen functional groups attached to an aromatic ring is 1. The molecule has 33 heavy (non-hydrogen) atoms. The summed E-state index contributed by atoms with van der Waals surface area (Å²) in [6, 6.07) is 0. The molecule has 0 spiro atoms. The number of methoxy groups -OCH3 is 1. The number of hydrogen-bond acceptors (Lipinski definition) is 10. The number of hydrogen-bond donors (Lipinski definition) is 1. The van der Waals surface area contributed by atoms with Crippen LogP contribution in [0.3, 0.4) is 0 Å². The first-order valence-corrected chi connectivity index (χ1v) is 13.9. The smallest absolute Gasteiger partial charge is 0.374 e. The molecule has 0 amide bonds. The predicted molar refractivity (Wildman–Crippen MR) is 122 cm³/mol. The van der Waals surface area contributed by atoms with Crippen LogP contribution in [0, 0.1) is 0 Å². The molecule has 0 aromatic carbocycles. The molecule has 2 fully saturated rings. The van der Waals surface area contributed by atoms with E-state index in [0.29, 0.717) is 12.3 Å². The number of esters is 1. The number of nitrogens with two attached hydrogens (primary N) is 1. The first-order chi connectivity index (χ1) is 15.3.